The normalized spacial score (nSPS) is 30.7. The largest absolute Gasteiger partial charge is 0.294 e. The minimum atomic E-state index is 0.531. The minimum Gasteiger partial charge on any atom is -0.294 e. The minimum absolute atomic E-state index is 0.531. The van der Waals surface area contributed by atoms with Crippen molar-refractivity contribution in [3.63, 3.8) is 0 Å². The second kappa shape index (κ2) is 17.9. The van der Waals surface area contributed by atoms with Crippen molar-refractivity contribution in [2.24, 2.45) is 22.7 Å². The number of rotatable bonds is 7. The molecule has 0 amide bonds. The maximum atomic E-state index is 3.29. The first kappa shape index (κ1) is 34.5. The molecule has 3 aliphatic rings. The van der Waals surface area contributed by atoms with Crippen molar-refractivity contribution in [1.29, 1.82) is 0 Å². The van der Waals surface area contributed by atoms with Gasteiger partial charge in [0, 0.05) is 18.1 Å². The lowest BCUT2D eigenvalue weighted by Gasteiger charge is -2.45. The van der Waals surface area contributed by atoms with Gasteiger partial charge in [-0.05, 0) is 86.9 Å². The first-order valence-electron chi connectivity index (χ1n) is 19.1. The molecular weight excluding hydrogens is 482 g/mol. The summed E-state index contributed by atoms with van der Waals surface area (Å²) in [5.74, 6) is 1.89. The second-order valence-electron chi connectivity index (χ2n) is 16.3. The maximum Gasteiger partial charge on any atom is 0.0101 e. The van der Waals surface area contributed by atoms with Gasteiger partial charge in [0.25, 0.3) is 0 Å². The van der Waals surface area contributed by atoms with Crippen LogP contribution in [0.5, 0.6) is 0 Å². The Morgan fingerprint density at radius 2 is 0.600 bits per heavy atom. The van der Waals surface area contributed by atoms with Gasteiger partial charge in [-0.3, -0.25) is 4.90 Å². The molecule has 0 N–H and O–H groups in total. The SMILES string of the molecule is CCC(C)(C)C1CCCCC(N(C2CCCCCCCC2)C2CCCCC(C(C)(C)CC)CCCC2)CCCC1. The zero-order chi connectivity index (χ0) is 28.8. The van der Waals surface area contributed by atoms with Crippen LogP contribution in [0.3, 0.4) is 0 Å². The quantitative estimate of drug-likeness (QED) is 0.301. The van der Waals surface area contributed by atoms with E-state index in [0.717, 1.165) is 30.0 Å². The summed E-state index contributed by atoms with van der Waals surface area (Å²) in [6, 6.07) is 2.60. The predicted octanol–water partition coefficient (Wildman–Crippen LogP) is 12.9. The van der Waals surface area contributed by atoms with Crippen LogP contribution in [-0.4, -0.2) is 23.0 Å². The van der Waals surface area contributed by atoms with Gasteiger partial charge in [-0.25, -0.2) is 0 Å². The van der Waals surface area contributed by atoms with E-state index >= 15 is 0 Å². The van der Waals surface area contributed by atoms with Crippen molar-refractivity contribution in [3.05, 3.63) is 0 Å². The van der Waals surface area contributed by atoms with Gasteiger partial charge in [-0.15, -0.1) is 0 Å². The molecule has 0 aromatic carbocycles. The fourth-order valence-corrected chi connectivity index (χ4v) is 9.20. The van der Waals surface area contributed by atoms with E-state index in [-0.39, 0.29) is 0 Å². The van der Waals surface area contributed by atoms with E-state index < -0.39 is 0 Å². The third-order valence-electron chi connectivity index (χ3n) is 13.0. The highest BCUT2D eigenvalue weighted by molar-refractivity contribution is 4.89. The summed E-state index contributed by atoms with van der Waals surface area (Å²) in [6.45, 7) is 15.1. The highest BCUT2D eigenvalue weighted by Crippen LogP contribution is 2.41. The molecule has 3 fully saturated rings. The van der Waals surface area contributed by atoms with E-state index in [0.29, 0.717) is 10.8 Å². The molecule has 3 aliphatic carbocycles. The van der Waals surface area contributed by atoms with Crippen molar-refractivity contribution in [2.45, 2.75) is 227 Å². The Hall–Kier alpha value is -0.0400. The third-order valence-corrected chi connectivity index (χ3v) is 13.0. The summed E-state index contributed by atoms with van der Waals surface area (Å²) in [7, 11) is 0. The molecule has 0 aliphatic heterocycles. The summed E-state index contributed by atoms with van der Waals surface area (Å²) >= 11 is 0. The van der Waals surface area contributed by atoms with Crippen molar-refractivity contribution < 1.29 is 0 Å². The lowest BCUT2D eigenvalue weighted by molar-refractivity contribution is 0.0369. The van der Waals surface area contributed by atoms with Crippen LogP contribution >= 0.6 is 0 Å². The predicted molar refractivity (Wildman–Crippen MR) is 179 cm³/mol. The molecule has 0 radical (unpaired) electrons. The zero-order valence-corrected chi connectivity index (χ0v) is 28.7. The van der Waals surface area contributed by atoms with Crippen molar-refractivity contribution >= 4 is 0 Å². The van der Waals surface area contributed by atoms with Crippen LogP contribution in [0.1, 0.15) is 208 Å². The van der Waals surface area contributed by atoms with Crippen LogP contribution in [0.25, 0.3) is 0 Å². The van der Waals surface area contributed by atoms with Gasteiger partial charge < -0.3 is 0 Å². The van der Waals surface area contributed by atoms with Crippen LogP contribution in [0, 0.1) is 22.7 Å². The Labute approximate surface area is 253 Å². The van der Waals surface area contributed by atoms with E-state index in [4.69, 9.17) is 0 Å². The first-order chi connectivity index (χ1) is 19.3. The lowest BCUT2D eigenvalue weighted by atomic mass is 9.71. The van der Waals surface area contributed by atoms with Gasteiger partial charge in [0.2, 0.25) is 0 Å². The average molecular weight is 558 g/mol. The Bertz CT molecular complexity index is 571. The highest BCUT2D eigenvalue weighted by atomic mass is 15.2. The van der Waals surface area contributed by atoms with Gasteiger partial charge in [-0.1, -0.05) is 144 Å². The average Bonchev–Trinajstić information content (AvgIpc) is 3.09. The monoisotopic (exact) mass is 558 g/mol. The zero-order valence-electron chi connectivity index (χ0n) is 28.7. The van der Waals surface area contributed by atoms with Gasteiger partial charge in [0.05, 0.1) is 0 Å². The van der Waals surface area contributed by atoms with Gasteiger partial charge in [0.15, 0.2) is 0 Å². The Morgan fingerprint density at radius 3 is 0.875 bits per heavy atom. The van der Waals surface area contributed by atoms with Gasteiger partial charge in [0.1, 0.15) is 0 Å². The molecule has 0 bridgehead atoms. The van der Waals surface area contributed by atoms with Gasteiger partial charge >= 0.3 is 0 Å². The summed E-state index contributed by atoms with van der Waals surface area (Å²) in [5, 5.41) is 0. The van der Waals surface area contributed by atoms with Gasteiger partial charge in [-0.2, -0.15) is 0 Å². The van der Waals surface area contributed by atoms with Crippen LogP contribution in [-0.2, 0) is 0 Å². The first-order valence-corrected chi connectivity index (χ1v) is 19.1. The molecule has 0 unspecified atom stereocenters. The maximum absolute atomic E-state index is 3.29. The Morgan fingerprint density at radius 1 is 0.375 bits per heavy atom. The molecule has 236 valence electrons. The molecule has 0 aromatic heterocycles. The smallest absolute Gasteiger partial charge is 0.0101 e. The third kappa shape index (κ3) is 10.9. The second-order valence-corrected chi connectivity index (χ2v) is 16.3. The molecule has 0 saturated heterocycles. The topological polar surface area (TPSA) is 3.24 Å². The van der Waals surface area contributed by atoms with Crippen LogP contribution in [0.4, 0.5) is 0 Å². The molecular formula is C39H75N. The molecule has 0 aromatic rings. The molecule has 3 rings (SSSR count). The summed E-state index contributed by atoms with van der Waals surface area (Å²) in [6.07, 6.45) is 38.3. The molecule has 1 nitrogen and oxygen atoms in total. The molecule has 1 heteroatoms. The summed E-state index contributed by atoms with van der Waals surface area (Å²) < 4.78 is 0. The van der Waals surface area contributed by atoms with E-state index in [9.17, 15) is 0 Å². The van der Waals surface area contributed by atoms with Crippen molar-refractivity contribution in [2.75, 3.05) is 0 Å². The van der Waals surface area contributed by atoms with Crippen LogP contribution in [0.15, 0.2) is 0 Å². The van der Waals surface area contributed by atoms with E-state index in [1.807, 2.05) is 0 Å². The lowest BCUT2D eigenvalue weighted by Crippen LogP contribution is -2.50. The Balaban J connectivity index is 1.73. The van der Waals surface area contributed by atoms with E-state index in [2.05, 4.69) is 46.4 Å². The molecule has 0 heterocycles. The van der Waals surface area contributed by atoms with E-state index in [1.165, 1.54) is 167 Å². The summed E-state index contributed by atoms with van der Waals surface area (Å²) in [5.41, 5.74) is 1.06. The summed E-state index contributed by atoms with van der Waals surface area (Å²) in [4.78, 5) is 3.29. The Kier molecular flexibility index (Phi) is 15.4. The molecule has 0 spiro atoms. The number of hydrogen-bond acceptors (Lipinski definition) is 1. The molecule has 40 heavy (non-hydrogen) atoms. The standard InChI is InChI=1S/C39H75N/c1-7-38(3,4)33-23-15-19-29-36(30-20-16-24-33)40(35-27-13-11-9-10-12-14-28-35)37-31-21-17-25-34(26-18-22-32-37)39(5,6)8-2/h33-37H,7-32H2,1-6H3. The van der Waals surface area contributed by atoms with Crippen LogP contribution in [0.2, 0.25) is 0 Å². The van der Waals surface area contributed by atoms with Crippen LogP contribution < -0.4 is 0 Å². The van der Waals surface area contributed by atoms with E-state index in [1.54, 1.807) is 0 Å². The number of nitrogens with zero attached hydrogens (tertiary/aromatic N) is 1. The van der Waals surface area contributed by atoms with Crippen molar-refractivity contribution in [3.8, 4) is 0 Å². The highest BCUT2D eigenvalue weighted by Gasteiger charge is 2.34. The van der Waals surface area contributed by atoms with Crippen molar-refractivity contribution in [1.82, 2.24) is 4.90 Å². The molecule has 0 atom stereocenters. The fraction of sp³-hybridized carbons (Fsp3) is 1.00. The number of hydrogen-bond donors (Lipinski definition) is 0. The molecule has 3 saturated carbocycles. The fourth-order valence-electron chi connectivity index (χ4n) is 9.20.